The molecule has 0 fully saturated rings. The highest BCUT2D eigenvalue weighted by molar-refractivity contribution is 5.97. The second kappa shape index (κ2) is 13.4. The van der Waals surface area contributed by atoms with Crippen LogP contribution in [0.5, 0.6) is 0 Å². The molecule has 2 aromatic carbocycles. The smallest absolute Gasteiger partial charge is 0.307 e. The minimum atomic E-state index is -0.460. The average Bonchev–Trinajstić information content (AvgIpc) is 3.12. The molecule has 1 heterocycles. The number of carbonyl (C=O) groups excluding carboxylic acids is 1. The molecule has 0 saturated carbocycles. The molecule has 31 heavy (non-hydrogen) atoms. The number of hydrogen-bond donors (Lipinski definition) is 2. The number of fused-ring (bicyclic) bond motifs is 1. The van der Waals surface area contributed by atoms with Crippen LogP contribution in [0, 0.1) is 6.92 Å². The molecule has 0 aliphatic rings. The summed E-state index contributed by atoms with van der Waals surface area (Å²) in [6.45, 7) is 17.2. The Balaban J connectivity index is 0.00000113. The number of aromatic nitrogens is 2. The number of H-pyrrole nitrogens is 1. The van der Waals surface area contributed by atoms with Crippen LogP contribution in [0.2, 0.25) is 0 Å². The van der Waals surface area contributed by atoms with Crippen molar-refractivity contribution in [2.45, 2.75) is 54.9 Å². The van der Waals surface area contributed by atoms with Crippen molar-refractivity contribution in [2.75, 3.05) is 25.0 Å². The van der Waals surface area contributed by atoms with E-state index < -0.39 is 11.7 Å². The number of likely N-dealkylation sites (N-methyl/N-ethyl adjacent to an activating group) is 1. The second-order valence-corrected chi connectivity index (χ2v) is 6.69. The van der Waals surface area contributed by atoms with Gasteiger partial charge in [0.2, 0.25) is 0 Å². The van der Waals surface area contributed by atoms with Crippen LogP contribution in [0.3, 0.4) is 0 Å². The lowest BCUT2D eigenvalue weighted by Gasteiger charge is -2.17. The van der Waals surface area contributed by atoms with E-state index >= 15 is 0 Å². The molecule has 0 aliphatic carbocycles. The van der Waals surface area contributed by atoms with Gasteiger partial charge in [-0.1, -0.05) is 59.7 Å². The van der Waals surface area contributed by atoms with Gasteiger partial charge in [0.25, 0.3) is 0 Å². The van der Waals surface area contributed by atoms with E-state index in [-0.39, 0.29) is 0 Å². The third-order valence-corrected chi connectivity index (χ3v) is 4.83. The van der Waals surface area contributed by atoms with Crippen molar-refractivity contribution in [3.8, 4) is 0 Å². The highest BCUT2D eigenvalue weighted by atomic mass is 16.2. The van der Waals surface area contributed by atoms with Crippen LogP contribution in [0.25, 0.3) is 11.0 Å². The summed E-state index contributed by atoms with van der Waals surface area (Å²) >= 11 is 0. The largest absolute Gasteiger partial charge is 0.334 e. The normalized spacial score (nSPS) is 10.2. The maximum absolute atomic E-state index is 12.7. The van der Waals surface area contributed by atoms with Gasteiger partial charge in [0.1, 0.15) is 0 Å². The quantitative estimate of drug-likeness (QED) is 0.535. The first-order valence-electron chi connectivity index (χ1n) is 11.4. The lowest BCUT2D eigenvalue weighted by Crippen LogP contribution is -2.29. The number of aryl methyl sites for hydroxylation is 1. The number of amides is 1. The molecule has 170 valence electrons. The summed E-state index contributed by atoms with van der Waals surface area (Å²) in [5.74, 6) is 0. The van der Waals surface area contributed by atoms with Crippen LogP contribution in [0.4, 0.5) is 10.5 Å². The number of hydrogen-bond acceptors (Lipinski definition) is 3. The van der Waals surface area contributed by atoms with Crippen molar-refractivity contribution in [1.82, 2.24) is 14.5 Å². The van der Waals surface area contributed by atoms with E-state index in [0.29, 0.717) is 16.7 Å². The Morgan fingerprint density at radius 3 is 2.32 bits per heavy atom. The summed E-state index contributed by atoms with van der Waals surface area (Å²) in [4.78, 5) is 30.2. The Bertz CT molecular complexity index is 1000. The molecule has 1 amide bonds. The first-order chi connectivity index (χ1) is 15.0. The Kier molecular flexibility index (Phi) is 11.4. The van der Waals surface area contributed by atoms with E-state index in [1.165, 1.54) is 4.57 Å². The summed E-state index contributed by atoms with van der Waals surface area (Å²) in [6.07, 6.45) is 0.872. The van der Waals surface area contributed by atoms with Crippen LogP contribution in [-0.4, -0.2) is 40.1 Å². The fraction of sp³-hybridized carbons (Fsp3) is 0.440. The predicted octanol–water partition coefficient (Wildman–Crippen LogP) is 5.65. The number of rotatable bonds is 6. The van der Waals surface area contributed by atoms with Gasteiger partial charge >= 0.3 is 11.7 Å². The average molecular weight is 427 g/mol. The molecule has 6 nitrogen and oxygen atoms in total. The SMILES string of the molecule is CC.CC.CCN(CC)CCc1ccc2[nH]c(=O)n(C(=O)Nc3cccc(C)c3)c2c1. The van der Waals surface area contributed by atoms with Gasteiger partial charge in [-0.15, -0.1) is 0 Å². The van der Waals surface area contributed by atoms with Gasteiger partial charge in [-0.2, -0.15) is 0 Å². The topological polar surface area (TPSA) is 70.1 Å². The highest BCUT2D eigenvalue weighted by Crippen LogP contribution is 2.16. The number of nitrogens with zero attached hydrogens (tertiary/aromatic N) is 2. The van der Waals surface area contributed by atoms with Crippen molar-refractivity contribution >= 4 is 22.8 Å². The first kappa shape index (κ1) is 26.2. The van der Waals surface area contributed by atoms with Gasteiger partial charge in [-0.3, -0.25) is 0 Å². The second-order valence-electron chi connectivity index (χ2n) is 6.69. The van der Waals surface area contributed by atoms with E-state index in [2.05, 4.69) is 29.0 Å². The zero-order valence-corrected chi connectivity index (χ0v) is 20.1. The highest BCUT2D eigenvalue weighted by Gasteiger charge is 2.15. The van der Waals surface area contributed by atoms with Gasteiger partial charge < -0.3 is 15.2 Å². The van der Waals surface area contributed by atoms with E-state index in [0.717, 1.165) is 37.2 Å². The lowest BCUT2D eigenvalue weighted by molar-refractivity contribution is 0.253. The number of benzene rings is 2. The Labute approximate surface area is 186 Å². The molecule has 6 heteroatoms. The Morgan fingerprint density at radius 1 is 1.03 bits per heavy atom. The van der Waals surface area contributed by atoms with Crippen molar-refractivity contribution in [1.29, 1.82) is 0 Å². The molecule has 0 unspecified atom stereocenters. The third kappa shape index (κ3) is 7.10. The van der Waals surface area contributed by atoms with Gasteiger partial charge in [0.05, 0.1) is 11.0 Å². The van der Waals surface area contributed by atoms with Crippen LogP contribution in [0.1, 0.15) is 52.7 Å². The fourth-order valence-electron chi connectivity index (χ4n) is 3.23. The zero-order valence-electron chi connectivity index (χ0n) is 20.1. The number of aromatic amines is 1. The van der Waals surface area contributed by atoms with Crippen molar-refractivity contribution < 1.29 is 4.79 Å². The minimum Gasteiger partial charge on any atom is -0.307 e. The van der Waals surface area contributed by atoms with Crippen molar-refractivity contribution in [3.05, 3.63) is 64.1 Å². The monoisotopic (exact) mass is 426 g/mol. The van der Waals surface area contributed by atoms with Gasteiger partial charge in [-0.25, -0.2) is 14.2 Å². The summed E-state index contributed by atoms with van der Waals surface area (Å²) in [7, 11) is 0. The van der Waals surface area contributed by atoms with E-state index in [4.69, 9.17) is 0 Å². The molecule has 3 rings (SSSR count). The zero-order chi connectivity index (χ0) is 23.4. The van der Waals surface area contributed by atoms with E-state index in [1.807, 2.05) is 71.0 Å². The maximum Gasteiger partial charge on any atom is 0.334 e. The van der Waals surface area contributed by atoms with E-state index in [9.17, 15) is 9.59 Å². The number of nitrogens with one attached hydrogen (secondary N) is 2. The van der Waals surface area contributed by atoms with Crippen LogP contribution < -0.4 is 11.0 Å². The Morgan fingerprint density at radius 2 is 1.71 bits per heavy atom. The Hall–Kier alpha value is -2.86. The molecule has 0 aliphatic heterocycles. The van der Waals surface area contributed by atoms with Gasteiger partial charge in [0.15, 0.2) is 0 Å². The molecule has 3 aromatic rings. The molecular weight excluding hydrogens is 388 g/mol. The van der Waals surface area contributed by atoms with Crippen LogP contribution in [0.15, 0.2) is 47.3 Å². The summed E-state index contributed by atoms with van der Waals surface area (Å²) in [6, 6.07) is 12.8. The maximum atomic E-state index is 12.7. The van der Waals surface area contributed by atoms with Crippen molar-refractivity contribution in [3.63, 3.8) is 0 Å². The molecule has 0 bridgehead atoms. The van der Waals surface area contributed by atoms with Crippen LogP contribution >= 0.6 is 0 Å². The lowest BCUT2D eigenvalue weighted by atomic mass is 10.1. The molecule has 1 aromatic heterocycles. The summed E-state index contributed by atoms with van der Waals surface area (Å²) in [5, 5.41) is 2.80. The van der Waals surface area contributed by atoms with Crippen LogP contribution in [-0.2, 0) is 6.42 Å². The van der Waals surface area contributed by atoms with Gasteiger partial charge in [-0.05, 0) is 61.8 Å². The molecule has 2 N–H and O–H groups in total. The molecule has 0 atom stereocenters. The summed E-state index contributed by atoms with van der Waals surface area (Å²) in [5.41, 5.74) is 3.63. The first-order valence-corrected chi connectivity index (χ1v) is 11.4. The molecule has 0 saturated heterocycles. The van der Waals surface area contributed by atoms with E-state index in [1.54, 1.807) is 6.07 Å². The number of carbonyl (C=O) groups is 1. The molecule has 0 spiro atoms. The number of imidazole rings is 1. The molecular formula is C25H38N4O2. The fourth-order valence-corrected chi connectivity index (χ4v) is 3.23. The predicted molar refractivity (Wildman–Crippen MR) is 132 cm³/mol. The standard InChI is InChI=1S/C21H26N4O2.2C2H6/c1-4-24(5-2)12-11-16-9-10-18-19(14-16)25(21(27)23-18)20(26)22-17-8-6-7-15(3)13-17;2*1-2/h6-10,13-14H,4-5,11-12H2,1-3H3,(H,22,26)(H,23,27);2*1-2H3. The minimum absolute atomic E-state index is 0.434. The van der Waals surface area contributed by atoms with Crippen molar-refractivity contribution in [2.24, 2.45) is 0 Å². The van der Waals surface area contributed by atoms with Gasteiger partial charge in [0, 0.05) is 12.2 Å². The third-order valence-electron chi connectivity index (χ3n) is 4.83. The molecule has 0 radical (unpaired) electrons. The number of anilines is 1. The summed E-state index contributed by atoms with van der Waals surface area (Å²) < 4.78 is 1.17.